The lowest BCUT2D eigenvalue weighted by molar-refractivity contribution is 0.979. The van der Waals surface area contributed by atoms with E-state index in [0.717, 1.165) is 12.8 Å². The highest BCUT2D eigenvalue weighted by molar-refractivity contribution is 6.12. The van der Waals surface area contributed by atoms with Crippen molar-refractivity contribution in [1.82, 2.24) is 9.13 Å². The summed E-state index contributed by atoms with van der Waals surface area (Å²) >= 11 is 0. The van der Waals surface area contributed by atoms with Gasteiger partial charge in [0.15, 0.2) is 0 Å². The van der Waals surface area contributed by atoms with Crippen LogP contribution in [0.25, 0.3) is 72.2 Å². The van der Waals surface area contributed by atoms with Crippen molar-refractivity contribution >= 4 is 49.7 Å². The third kappa shape index (κ3) is 3.45. The van der Waals surface area contributed by atoms with E-state index >= 15 is 0 Å². The number of fused-ring (bicyclic) bond motifs is 7. The minimum absolute atomic E-state index is 1.10. The van der Waals surface area contributed by atoms with E-state index in [1.54, 1.807) is 0 Å². The highest BCUT2D eigenvalue weighted by Gasteiger charge is 2.16. The number of aryl methyl sites for hydroxylation is 1. The highest BCUT2D eigenvalue weighted by atomic mass is 15.0. The van der Waals surface area contributed by atoms with Crippen molar-refractivity contribution in [2.75, 3.05) is 0 Å². The summed E-state index contributed by atoms with van der Waals surface area (Å²) < 4.78 is 4.81. The van der Waals surface area contributed by atoms with Crippen LogP contribution in [0.5, 0.6) is 0 Å². The lowest BCUT2D eigenvalue weighted by Gasteiger charge is -2.14. The van der Waals surface area contributed by atoms with E-state index in [0.29, 0.717) is 0 Å². The standard InChI is InChI=1S/C40H28N2/c1-2-12-31(13-3-1)41-37-16-8-6-14-33(37)35-25-29(19-22-39(35)41)30-20-23-40-36(26-30)34-15-7-9-17-38(34)42(40)32-21-18-27-10-4-5-11-28(27)24-32/h1-4,6-10,12-26H,5,11H2. The first-order valence-electron chi connectivity index (χ1n) is 14.8. The second kappa shape index (κ2) is 9.09. The fourth-order valence-electron chi connectivity index (χ4n) is 7.00. The quantitative estimate of drug-likeness (QED) is 0.213. The summed E-state index contributed by atoms with van der Waals surface area (Å²) in [6.45, 7) is 0. The van der Waals surface area contributed by atoms with Gasteiger partial charge in [0.05, 0.1) is 22.1 Å². The molecule has 0 aliphatic heterocycles. The Bertz CT molecular complexity index is 2350. The van der Waals surface area contributed by atoms with E-state index in [1.165, 1.54) is 77.2 Å². The molecule has 8 aromatic rings. The van der Waals surface area contributed by atoms with Crippen LogP contribution in [-0.4, -0.2) is 9.13 Å². The van der Waals surface area contributed by atoms with Gasteiger partial charge in [0, 0.05) is 32.9 Å². The van der Waals surface area contributed by atoms with E-state index in [1.807, 2.05) is 0 Å². The highest BCUT2D eigenvalue weighted by Crippen LogP contribution is 2.38. The normalized spacial score (nSPS) is 13.0. The first-order chi connectivity index (χ1) is 20.8. The molecule has 0 spiro atoms. The Morgan fingerprint density at radius 1 is 0.429 bits per heavy atom. The lowest BCUT2D eigenvalue weighted by atomic mass is 9.97. The van der Waals surface area contributed by atoms with Gasteiger partial charge in [-0.3, -0.25) is 0 Å². The number of hydrogen-bond donors (Lipinski definition) is 0. The Kier molecular flexibility index (Phi) is 5.06. The van der Waals surface area contributed by atoms with E-state index in [-0.39, 0.29) is 0 Å². The van der Waals surface area contributed by atoms with Crippen molar-refractivity contribution in [3.63, 3.8) is 0 Å². The molecule has 2 heterocycles. The zero-order valence-electron chi connectivity index (χ0n) is 23.2. The second-order valence-corrected chi connectivity index (χ2v) is 11.3. The Labute approximate surface area is 244 Å². The Morgan fingerprint density at radius 3 is 1.67 bits per heavy atom. The molecule has 9 rings (SSSR count). The summed E-state index contributed by atoms with van der Waals surface area (Å²) in [7, 11) is 0. The van der Waals surface area contributed by atoms with Gasteiger partial charge in [-0.15, -0.1) is 0 Å². The zero-order chi connectivity index (χ0) is 27.6. The number of benzene rings is 6. The maximum Gasteiger partial charge on any atom is 0.0541 e. The van der Waals surface area contributed by atoms with Crippen molar-refractivity contribution < 1.29 is 0 Å². The van der Waals surface area contributed by atoms with Crippen molar-refractivity contribution in [2.45, 2.75) is 12.8 Å². The minimum atomic E-state index is 1.10. The molecule has 0 atom stereocenters. The predicted molar refractivity (Wildman–Crippen MR) is 178 cm³/mol. The SMILES string of the molecule is C1=Cc2ccc(-n3c4ccccc4c4cc(-c5ccc6c(c5)c5ccccc5n6-c5ccccc5)ccc43)cc2CC1. The summed E-state index contributed by atoms with van der Waals surface area (Å²) in [4.78, 5) is 0. The largest absolute Gasteiger partial charge is 0.309 e. The molecular weight excluding hydrogens is 508 g/mol. The van der Waals surface area contributed by atoms with Crippen LogP contribution < -0.4 is 0 Å². The molecule has 0 saturated carbocycles. The van der Waals surface area contributed by atoms with Crippen LogP contribution in [0.2, 0.25) is 0 Å². The van der Waals surface area contributed by atoms with Crippen LogP contribution in [0.1, 0.15) is 17.5 Å². The maximum absolute atomic E-state index is 2.43. The third-order valence-corrected chi connectivity index (χ3v) is 8.96. The molecule has 0 radical (unpaired) electrons. The summed E-state index contributed by atoms with van der Waals surface area (Å²) in [6.07, 6.45) is 6.75. The fourth-order valence-corrected chi connectivity index (χ4v) is 7.00. The first-order valence-corrected chi connectivity index (χ1v) is 14.8. The molecule has 6 aromatic carbocycles. The van der Waals surface area contributed by atoms with Crippen LogP contribution in [-0.2, 0) is 6.42 Å². The molecule has 2 heteroatoms. The molecule has 2 nitrogen and oxygen atoms in total. The van der Waals surface area contributed by atoms with E-state index in [4.69, 9.17) is 0 Å². The monoisotopic (exact) mass is 536 g/mol. The molecule has 42 heavy (non-hydrogen) atoms. The summed E-state index contributed by atoms with van der Waals surface area (Å²) in [5, 5.41) is 5.12. The van der Waals surface area contributed by atoms with Crippen LogP contribution in [0.3, 0.4) is 0 Å². The molecule has 1 aliphatic rings. The number of rotatable bonds is 3. The van der Waals surface area contributed by atoms with Gasteiger partial charge in [-0.2, -0.15) is 0 Å². The van der Waals surface area contributed by atoms with Gasteiger partial charge in [0.25, 0.3) is 0 Å². The number of aromatic nitrogens is 2. The van der Waals surface area contributed by atoms with Gasteiger partial charge >= 0.3 is 0 Å². The van der Waals surface area contributed by atoms with Gasteiger partial charge < -0.3 is 9.13 Å². The molecule has 198 valence electrons. The summed E-state index contributed by atoms with van der Waals surface area (Å²) in [5.41, 5.74) is 12.6. The molecule has 1 aliphatic carbocycles. The van der Waals surface area contributed by atoms with E-state index < -0.39 is 0 Å². The maximum atomic E-state index is 2.43. The van der Waals surface area contributed by atoms with Crippen LogP contribution in [0.15, 0.2) is 140 Å². The van der Waals surface area contributed by atoms with Gasteiger partial charge in [-0.25, -0.2) is 0 Å². The molecule has 0 N–H and O–H groups in total. The topological polar surface area (TPSA) is 9.86 Å². The van der Waals surface area contributed by atoms with E-state index in [2.05, 4.69) is 155 Å². The number of hydrogen-bond acceptors (Lipinski definition) is 0. The number of allylic oxidation sites excluding steroid dienone is 1. The molecule has 0 amide bonds. The third-order valence-electron chi connectivity index (χ3n) is 8.96. The van der Waals surface area contributed by atoms with Crippen molar-refractivity contribution in [2.24, 2.45) is 0 Å². The average Bonchev–Trinajstić information content (AvgIpc) is 3.57. The molecular formula is C40H28N2. The minimum Gasteiger partial charge on any atom is -0.309 e. The molecule has 0 bridgehead atoms. The second-order valence-electron chi connectivity index (χ2n) is 11.3. The smallest absolute Gasteiger partial charge is 0.0541 e. The van der Waals surface area contributed by atoms with Crippen molar-refractivity contribution in [3.8, 4) is 22.5 Å². The predicted octanol–water partition coefficient (Wildman–Crippen LogP) is 10.5. The fraction of sp³-hybridized carbons (Fsp3) is 0.0500. The summed E-state index contributed by atoms with van der Waals surface area (Å²) in [5.74, 6) is 0. The van der Waals surface area contributed by atoms with Gasteiger partial charge in [-0.05, 0) is 95.8 Å². The molecule has 0 saturated heterocycles. The van der Waals surface area contributed by atoms with Gasteiger partial charge in [0.2, 0.25) is 0 Å². The van der Waals surface area contributed by atoms with Gasteiger partial charge in [0.1, 0.15) is 0 Å². The first kappa shape index (κ1) is 23.4. The van der Waals surface area contributed by atoms with Crippen LogP contribution in [0, 0.1) is 0 Å². The van der Waals surface area contributed by atoms with Crippen molar-refractivity contribution in [3.05, 3.63) is 151 Å². The Balaban J connectivity index is 1.24. The average molecular weight is 537 g/mol. The Hall–Kier alpha value is -5.34. The van der Waals surface area contributed by atoms with E-state index in [9.17, 15) is 0 Å². The van der Waals surface area contributed by atoms with Crippen LogP contribution >= 0.6 is 0 Å². The van der Waals surface area contributed by atoms with Gasteiger partial charge in [-0.1, -0.05) is 84.9 Å². The van der Waals surface area contributed by atoms with Crippen LogP contribution in [0.4, 0.5) is 0 Å². The molecule has 0 fully saturated rings. The molecule has 0 unspecified atom stereocenters. The number of nitrogens with zero attached hydrogens (tertiary/aromatic N) is 2. The molecule has 2 aromatic heterocycles. The zero-order valence-corrected chi connectivity index (χ0v) is 23.2. The Morgan fingerprint density at radius 2 is 1.00 bits per heavy atom. The lowest BCUT2D eigenvalue weighted by Crippen LogP contribution is -1.99. The number of para-hydroxylation sites is 3. The van der Waals surface area contributed by atoms with Crippen molar-refractivity contribution in [1.29, 1.82) is 0 Å². The summed E-state index contributed by atoms with van der Waals surface area (Å²) in [6, 6.07) is 49.0.